The predicted octanol–water partition coefficient (Wildman–Crippen LogP) is 4.17. The van der Waals surface area contributed by atoms with Gasteiger partial charge in [-0.2, -0.15) is 5.10 Å². The Morgan fingerprint density at radius 3 is 2.56 bits per heavy atom. The van der Waals surface area contributed by atoms with Crippen LogP contribution in [0.2, 0.25) is 5.02 Å². The van der Waals surface area contributed by atoms with Gasteiger partial charge in [-0.1, -0.05) is 35.9 Å². The smallest absolute Gasteiger partial charge is 0.356 e. The monoisotopic (exact) mass is 384 g/mol. The zero-order chi connectivity index (χ0) is 19.2. The third-order valence-electron chi connectivity index (χ3n) is 3.78. The first-order chi connectivity index (χ1) is 13.0. The topological polar surface area (TPSA) is 81.3 Å². The van der Waals surface area contributed by atoms with Crippen molar-refractivity contribution in [2.75, 3.05) is 13.2 Å². The number of H-pyrrole nitrogens is 1. The van der Waals surface area contributed by atoms with Gasteiger partial charge in [-0.15, -0.1) is 0 Å². The van der Waals surface area contributed by atoms with Crippen LogP contribution in [-0.2, 0) is 4.74 Å². The number of halogens is 1. The minimum atomic E-state index is -0.536. The summed E-state index contributed by atoms with van der Waals surface area (Å²) in [7, 11) is 0. The van der Waals surface area contributed by atoms with Crippen LogP contribution in [0, 0.1) is 0 Å². The number of nitrogens with zero attached hydrogens (tertiary/aromatic N) is 1. The van der Waals surface area contributed by atoms with Gasteiger partial charge in [-0.25, -0.2) is 4.79 Å². The number of ether oxygens (including phenoxy) is 2. The average Bonchev–Trinajstić information content (AvgIpc) is 3.16. The van der Waals surface area contributed by atoms with E-state index in [-0.39, 0.29) is 24.7 Å². The average molecular weight is 385 g/mol. The number of carbonyl (C=O) groups excluding carboxylic acids is 2. The molecule has 7 heteroatoms. The predicted molar refractivity (Wildman–Crippen MR) is 101 cm³/mol. The van der Waals surface area contributed by atoms with E-state index in [1.165, 1.54) is 6.92 Å². The maximum absolute atomic E-state index is 12.1. The summed E-state index contributed by atoms with van der Waals surface area (Å²) in [4.78, 5) is 23.7. The highest BCUT2D eigenvalue weighted by molar-refractivity contribution is 6.30. The Morgan fingerprint density at radius 2 is 1.81 bits per heavy atom. The summed E-state index contributed by atoms with van der Waals surface area (Å²) in [5, 5.41) is 7.39. The van der Waals surface area contributed by atoms with Gasteiger partial charge in [0.15, 0.2) is 5.78 Å². The summed E-state index contributed by atoms with van der Waals surface area (Å²) in [5.41, 5.74) is 2.18. The lowest BCUT2D eigenvalue weighted by Gasteiger charge is -2.09. The van der Waals surface area contributed by atoms with Crippen molar-refractivity contribution in [1.82, 2.24) is 10.2 Å². The summed E-state index contributed by atoms with van der Waals surface area (Å²) in [5.74, 6) is -0.159. The van der Waals surface area contributed by atoms with E-state index in [1.54, 1.807) is 42.5 Å². The van der Waals surface area contributed by atoms with Crippen LogP contribution in [0.25, 0.3) is 11.3 Å². The van der Waals surface area contributed by atoms with Crippen LogP contribution in [0.4, 0.5) is 0 Å². The van der Waals surface area contributed by atoms with Crippen molar-refractivity contribution in [3.05, 3.63) is 70.9 Å². The van der Waals surface area contributed by atoms with Crippen LogP contribution in [0.3, 0.4) is 0 Å². The van der Waals surface area contributed by atoms with Crippen LogP contribution >= 0.6 is 11.6 Å². The zero-order valence-electron chi connectivity index (χ0n) is 14.6. The molecule has 6 nitrogen and oxygen atoms in total. The summed E-state index contributed by atoms with van der Waals surface area (Å²) in [6, 6.07) is 15.7. The number of esters is 1. The second kappa shape index (κ2) is 8.51. The fourth-order valence-corrected chi connectivity index (χ4v) is 2.57. The number of benzene rings is 2. The highest BCUT2D eigenvalue weighted by atomic mass is 35.5. The van der Waals surface area contributed by atoms with E-state index in [0.717, 1.165) is 5.56 Å². The molecule has 0 spiro atoms. The van der Waals surface area contributed by atoms with Gasteiger partial charge >= 0.3 is 5.97 Å². The molecule has 1 aromatic heterocycles. The molecule has 0 aliphatic rings. The molecule has 0 atom stereocenters. The molecule has 138 valence electrons. The van der Waals surface area contributed by atoms with Crippen molar-refractivity contribution < 1.29 is 19.1 Å². The number of rotatable bonds is 7. The van der Waals surface area contributed by atoms with Crippen molar-refractivity contribution in [2.45, 2.75) is 6.92 Å². The Kier molecular flexibility index (Phi) is 5.88. The fraction of sp³-hybridized carbons (Fsp3) is 0.150. The molecule has 1 heterocycles. The van der Waals surface area contributed by atoms with Crippen molar-refractivity contribution in [1.29, 1.82) is 0 Å². The van der Waals surface area contributed by atoms with Crippen molar-refractivity contribution in [3.8, 4) is 17.0 Å². The molecule has 0 amide bonds. The molecule has 0 aliphatic heterocycles. The quantitative estimate of drug-likeness (QED) is 0.375. The highest BCUT2D eigenvalue weighted by Gasteiger charge is 2.13. The molecule has 0 unspecified atom stereocenters. The van der Waals surface area contributed by atoms with Crippen LogP contribution in [0.5, 0.6) is 5.75 Å². The molecule has 2 aromatic carbocycles. The number of ketones is 1. The maximum Gasteiger partial charge on any atom is 0.356 e. The Labute approximate surface area is 161 Å². The van der Waals surface area contributed by atoms with E-state index in [2.05, 4.69) is 10.2 Å². The molecular formula is C20H17ClN2O4. The molecule has 0 saturated heterocycles. The summed E-state index contributed by atoms with van der Waals surface area (Å²) in [6.45, 7) is 1.65. The molecule has 27 heavy (non-hydrogen) atoms. The van der Waals surface area contributed by atoms with E-state index >= 15 is 0 Å². The van der Waals surface area contributed by atoms with Gasteiger partial charge in [-0.05, 0) is 37.3 Å². The first-order valence-electron chi connectivity index (χ1n) is 8.26. The molecule has 0 fully saturated rings. The Morgan fingerprint density at radius 1 is 1.07 bits per heavy atom. The summed E-state index contributed by atoms with van der Waals surface area (Å²) in [6.07, 6.45) is 0. The molecule has 1 N–H and O–H groups in total. The van der Waals surface area contributed by atoms with E-state index < -0.39 is 5.97 Å². The van der Waals surface area contributed by atoms with Crippen LogP contribution < -0.4 is 4.74 Å². The minimum absolute atomic E-state index is 0.0420. The summed E-state index contributed by atoms with van der Waals surface area (Å²) >= 11 is 5.86. The normalized spacial score (nSPS) is 10.4. The number of Topliss-reactive ketones (excluding diaryl/α,β-unsaturated/α-hetero) is 1. The molecule has 3 aromatic rings. The first kappa shape index (κ1) is 18.7. The van der Waals surface area contributed by atoms with Crippen molar-refractivity contribution in [2.24, 2.45) is 0 Å². The van der Waals surface area contributed by atoms with Gasteiger partial charge < -0.3 is 9.47 Å². The molecule has 3 rings (SSSR count). The largest absolute Gasteiger partial charge is 0.489 e. The number of nitrogens with one attached hydrogen (secondary N) is 1. The third kappa shape index (κ3) is 4.74. The van der Waals surface area contributed by atoms with Gasteiger partial charge in [0.25, 0.3) is 0 Å². The Balaban J connectivity index is 1.53. The van der Waals surface area contributed by atoms with Crippen molar-refractivity contribution in [3.63, 3.8) is 0 Å². The Hall–Kier alpha value is -3.12. The fourth-order valence-electron chi connectivity index (χ4n) is 2.44. The number of aromatic nitrogens is 2. The number of hydrogen-bond acceptors (Lipinski definition) is 5. The summed E-state index contributed by atoms with van der Waals surface area (Å²) < 4.78 is 10.7. The minimum Gasteiger partial charge on any atom is -0.489 e. The van der Waals surface area contributed by atoms with Gasteiger partial charge in [0.2, 0.25) is 0 Å². The lowest BCUT2D eigenvalue weighted by molar-refractivity contribution is 0.0442. The SMILES string of the molecule is CC(=O)c1ccccc1OCCOC(=O)c1cc(-c2ccc(Cl)cc2)n[nH]1. The standard InChI is InChI=1S/C20H17ClN2O4/c1-13(24)16-4-2-3-5-19(16)26-10-11-27-20(25)18-12-17(22-23-18)14-6-8-15(21)9-7-14/h2-9,12H,10-11H2,1H3,(H,22,23). The lowest BCUT2D eigenvalue weighted by atomic mass is 10.1. The van der Waals surface area contributed by atoms with Crippen molar-refractivity contribution >= 4 is 23.4 Å². The van der Waals surface area contributed by atoms with E-state index in [4.69, 9.17) is 21.1 Å². The maximum atomic E-state index is 12.1. The van der Waals surface area contributed by atoms with Crippen LogP contribution in [0.1, 0.15) is 27.8 Å². The molecular weight excluding hydrogens is 368 g/mol. The van der Waals surface area contributed by atoms with Crippen LogP contribution in [0.15, 0.2) is 54.6 Å². The van der Waals surface area contributed by atoms with Gasteiger partial charge in [0, 0.05) is 10.6 Å². The highest BCUT2D eigenvalue weighted by Crippen LogP contribution is 2.21. The number of carbonyl (C=O) groups is 2. The van der Waals surface area contributed by atoms with Crippen LogP contribution in [-0.4, -0.2) is 35.2 Å². The third-order valence-corrected chi connectivity index (χ3v) is 4.03. The van der Waals surface area contributed by atoms with E-state index in [1.807, 2.05) is 12.1 Å². The molecule has 0 radical (unpaired) electrons. The number of hydrogen-bond donors (Lipinski definition) is 1. The molecule has 0 aliphatic carbocycles. The zero-order valence-corrected chi connectivity index (χ0v) is 15.3. The number of para-hydroxylation sites is 1. The molecule has 0 saturated carbocycles. The molecule has 0 bridgehead atoms. The van der Waals surface area contributed by atoms with Gasteiger partial charge in [-0.3, -0.25) is 9.89 Å². The second-order valence-electron chi connectivity index (χ2n) is 5.71. The lowest BCUT2D eigenvalue weighted by Crippen LogP contribution is -2.13. The van der Waals surface area contributed by atoms with Gasteiger partial charge in [0.1, 0.15) is 24.7 Å². The van der Waals surface area contributed by atoms with Gasteiger partial charge in [0.05, 0.1) is 11.3 Å². The number of aromatic amines is 1. The Bertz CT molecular complexity index is 951. The van der Waals surface area contributed by atoms with E-state index in [9.17, 15) is 9.59 Å². The van der Waals surface area contributed by atoms with E-state index in [0.29, 0.717) is 22.0 Å². The first-order valence-corrected chi connectivity index (χ1v) is 8.63. The second-order valence-corrected chi connectivity index (χ2v) is 6.15.